The molecule has 2 heterocycles. The van der Waals surface area contributed by atoms with Crippen molar-refractivity contribution in [1.29, 1.82) is 0 Å². The lowest BCUT2D eigenvalue weighted by Crippen LogP contribution is -2.06. The molecular weight excluding hydrogens is 415 g/mol. The molecule has 0 aliphatic heterocycles. The average Bonchev–Trinajstić information content (AvgIpc) is 2.71. The summed E-state index contributed by atoms with van der Waals surface area (Å²) in [6.45, 7) is 0. The van der Waals surface area contributed by atoms with Crippen LogP contribution in [-0.2, 0) is 0 Å². The van der Waals surface area contributed by atoms with E-state index in [1.165, 1.54) is 6.33 Å². The number of nitrogens with zero attached hydrogens (tertiary/aromatic N) is 4. The number of aromatic nitrogens is 3. The predicted molar refractivity (Wildman–Crippen MR) is 113 cm³/mol. The Labute approximate surface area is 174 Å². The Morgan fingerprint density at radius 2 is 1.66 bits per heavy atom. The number of nitro groups is 1. The quantitative estimate of drug-likeness (QED) is 0.310. The van der Waals surface area contributed by atoms with Crippen molar-refractivity contribution in [3.63, 3.8) is 0 Å². The van der Waals surface area contributed by atoms with Gasteiger partial charge in [0.1, 0.15) is 6.33 Å². The molecule has 0 saturated heterocycles. The number of hydrogen-bond acceptors (Lipinski definition) is 7. The molecule has 4 rings (SSSR count). The highest BCUT2D eigenvalue weighted by Crippen LogP contribution is 2.36. The molecule has 0 radical (unpaired) electrons. The molecule has 0 unspecified atom stereocenters. The van der Waals surface area contributed by atoms with E-state index in [-0.39, 0.29) is 17.3 Å². The van der Waals surface area contributed by atoms with E-state index in [1.807, 2.05) is 12.1 Å². The monoisotopic (exact) mass is 426 g/mol. The zero-order valence-corrected chi connectivity index (χ0v) is 16.1. The van der Waals surface area contributed by atoms with Gasteiger partial charge in [-0.05, 0) is 42.5 Å². The molecule has 0 bridgehead atoms. The molecule has 0 atom stereocenters. The largest absolute Gasteiger partial charge is 0.353 e. The van der Waals surface area contributed by atoms with Gasteiger partial charge in [-0.25, -0.2) is 9.97 Å². The van der Waals surface area contributed by atoms with E-state index in [1.54, 1.807) is 42.6 Å². The molecule has 0 aliphatic carbocycles. The number of rotatable bonds is 5. The van der Waals surface area contributed by atoms with Crippen molar-refractivity contribution >= 4 is 62.8 Å². The van der Waals surface area contributed by atoms with E-state index in [0.717, 1.165) is 10.9 Å². The highest BCUT2D eigenvalue weighted by Gasteiger charge is 2.24. The maximum absolute atomic E-state index is 11.8. The molecule has 0 amide bonds. The molecule has 0 saturated carbocycles. The van der Waals surface area contributed by atoms with Gasteiger partial charge in [0, 0.05) is 22.3 Å². The van der Waals surface area contributed by atoms with E-state index in [2.05, 4.69) is 25.6 Å². The third kappa shape index (κ3) is 3.89. The van der Waals surface area contributed by atoms with Gasteiger partial charge in [0.25, 0.3) is 0 Å². The van der Waals surface area contributed by atoms with E-state index >= 15 is 0 Å². The Morgan fingerprint density at radius 1 is 0.897 bits per heavy atom. The second-order valence-electron chi connectivity index (χ2n) is 5.93. The normalized spacial score (nSPS) is 10.7. The number of pyridine rings is 1. The molecule has 2 N–H and O–H groups in total. The predicted octanol–water partition coefficient (Wildman–Crippen LogP) is 5.73. The fourth-order valence-electron chi connectivity index (χ4n) is 2.80. The summed E-state index contributed by atoms with van der Waals surface area (Å²) in [5.74, 6) is 0.0111. The minimum atomic E-state index is -0.563. The second-order valence-corrected chi connectivity index (χ2v) is 6.77. The van der Waals surface area contributed by atoms with Gasteiger partial charge < -0.3 is 10.6 Å². The summed E-state index contributed by atoms with van der Waals surface area (Å²) in [5.41, 5.74) is 1.44. The molecule has 0 spiro atoms. The Hall–Kier alpha value is -3.49. The first-order chi connectivity index (χ1) is 14.0. The number of benzene rings is 2. The van der Waals surface area contributed by atoms with Crippen LogP contribution in [0, 0.1) is 10.1 Å². The topological polar surface area (TPSA) is 106 Å². The first-order valence-electron chi connectivity index (χ1n) is 8.35. The first kappa shape index (κ1) is 18.9. The highest BCUT2D eigenvalue weighted by molar-refractivity contribution is 6.35. The minimum absolute atomic E-state index is 0.0185. The zero-order chi connectivity index (χ0) is 20.4. The van der Waals surface area contributed by atoms with Crippen LogP contribution in [0.25, 0.3) is 10.9 Å². The van der Waals surface area contributed by atoms with Gasteiger partial charge in [0.15, 0.2) is 0 Å². The number of anilines is 4. The molecule has 29 heavy (non-hydrogen) atoms. The SMILES string of the molecule is O=[N+]([O-])c1c(Nc2cc(Cl)ccc2Cl)ncnc1Nc1cccc2ncccc12. The Bertz CT molecular complexity index is 1230. The van der Waals surface area contributed by atoms with E-state index in [4.69, 9.17) is 23.2 Å². The van der Waals surface area contributed by atoms with Crippen molar-refractivity contribution in [3.8, 4) is 0 Å². The third-order valence-electron chi connectivity index (χ3n) is 4.09. The molecule has 2 aromatic carbocycles. The van der Waals surface area contributed by atoms with Gasteiger partial charge in [-0.15, -0.1) is 0 Å². The summed E-state index contributed by atoms with van der Waals surface area (Å²) in [6.07, 6.45) is 2.90. The third-order valence-corrected chi connectivity index (χ3v) is 4.65. The van der Waals surface area contributed by atoms with Crippen molar-refractivity contribution < 1.29 is 4.92 Å². The molecular formula is C19H12Cl2N6O2. The number of nitrogens with one attached hydrogen (secondary N) is 2. The zero-order valence-electron chi connectivity index (χ0n) is 14.6. The second kappa shape index (κ2) is 7.86. The Balaban J connectivity index is 1.77. The minimum Gasteiger partial charge on any atom is -0.334 e. The van der Waals surface area contributed by atoms with Crippen molar-refractivity contribution in [3.05, 3.63) is 81.2 Å². The van der Waals surface area contributed by atoms with Gasteiger partial charge in [-0.1, -0.05) is 29.3 Å². The number of halogens is 2. The first-order valence-corrected chi connectivity index (χ1v) is 9.11. The number of hydrogen-bond donors (Lipinski definition) is 2. The fourth-order valence-corrected chi connectivity index (χ4v) is 3.13. The molecule has 2 aromatic heterocycles. The van der Waals surface area contributed by atoms with Crippen molar-refractivity contribution in [2.24, 2.45) is 0 Å². The van der Waals surface area contributed by atoms with Gasteiger partial charge in [0.05, 0.1) is 21.2 Å². The molecule has 8 nitrogen and oxygen atoms in total. The van der Waals surface area contributed by atoms with Crippen LogP contribution in [0.15, 0.2) is 61.1 Å². The fraction of sp³-hybridized carbons (Fsp3) is 0. The van der Waals surface area contributed by atoms with Crippen LogP contribution in [0.5, 0.6) is 0 Å². The summed E-state index contributed by atoms with van der Waals surface area (Å²) >= 11 is 12.2. The Kier molecular flexibility index (Phi) is 5.11. The summed E-state index contributed by atoms with van der Waals surface area (Å²) in [5, 5.41) is 19.3. The maximum Gasteiger partial charge on any atom is 0.353 e. The smallest absolute Gasteiger partial charge is 0.334 e. The van der Waals surface area contributed by atoms with Crippen LogP contribution >= 0.6 is 23.2 Å². The average molecular weight is 427 g/mol. The molecule has 0 aliphatic rings. The van der Waals surface area contributed by atoms with Crippen LogP contribution in [0.3, 0.4) is 0 Å². The van der Waals surface area contributed by atoms with Gasteiger partial charge in [0.2, 0.25) is 11.6 Å². The van der Waals surface area contributed by atoms with Crippen LogP contribution in [0.4, 0.5) is 28.7 Å². The van der Waals surface area contributed by atoms with Gasteiger partial charge in [-0.2, -0.15) is 0 Å². The molecule has 144 valence electrons. The highest BCUT2D eigenvalue weighted by atomic mass is 35.5. The van der Waals surface area contributed by atoms with Crippen LogP contribution in [0.2, 0.25) is 10.0 Å². The summed E-state index contributed by atoms with van der Waals surface area (Å²) in [6, 6.07) is 13.8. The lowest BCUT2D eigenvalue weighted by molar-refractivity contribution is -0.383. The summed E-state index contributed by atoms with van der Waals surface area (Å²) < 4.78 is 0. The van der Waals surface area contributed by atoms with Crippen LogP contribution < -0.4 is 10.6 Å². The number of fused-ring (bicyclic) bond motifs is 1. The van der Waals surface area contributed by atoms with E-state index in [9.17, 15) is 10.1 Å². The Morgan fingerprint density at radius 3 is 2.41 bits per heavy atom. The van der Waals surface area contributed by atoms with E-state index in [0.29, 0.717) is 21.4 Å². The lowest BCUT2D eigenvalue weighted by atomic mass is 10.2. The molecule has 4 aromatic rings. The van der Waals surface area contributed by atoms with Crippen molar-refractivity contribution in [2.45, 2.75) is 0 Å². The van der Waals surface area contributed by atoms with Crippen LogP contribution in [0.1, 0.15) is 0 Å². The summed E-state index contributed by atoms with van der Waals surface area (Å²) in [4.78, 5) is 23.6. The van der Waals surface area contributed by atoms with Gasteiger partial charge in [-0.3, -0.25) is 15.1 Å². The van der Waals surface area contributed by atoms with Crippen molar-refractivity contribution in [2.75, 3.05) is 10.6 Å². The lowest BCUT2D eigenvalue weighted by Gasteiger charge is -2.12. The standard InChI is InChI=1S/C19H12Cl2N6O2/c20-11-6-7-13(21)16(9-11)26-19-17(27(28)29)18(23-10-24-19)25-15-5-1-4-14-12(15)3-2-8-22-14/h1-10H,(H2,23,24,25,26). The van der Waals surface area contributed by atoms with E-state index < -0.39 is 4.92 Å². The van der Waals surface area contributed by atoms with Crippen molar-refractivity contribution in [1.82, 2.24) is 15.0 Å². The molecule has 10 heteroatoms. The maximum atomic E-state index is 11.8. The van der Waals surface area contributed by atoms with Crippen LogP contribution in [-0.4, -0.2) is 19.9 Å². The molecule has 0 fully saturated rings. The summed E-state index contributed by atoms with van der Waals surface area (Å²) in [7, 11) is 0. The van der Waals surface area contributed by atoms with Gasteiger partial charge >= 0.3 is 5.69 Å².